The summed E-state index contributed by atoms with van der Waals surface area (Å²) in [4.78, 5) is 11.4. The number of benzene rings is 3. The first-order chi connectivity index (χ1) is 15.8. The number of anilines is 2. The van der Waals surface area contributed by atoms with E-state index in [1.807, 2.05) is 31.2 Å². The molecule has 0 unspecified atom stereocenters. The average Bonchev–Trinajstić information content (AvgIpc) is 3.29. The zero-order chi connectivity index (χ0) is 23.6. The van der Waals surface area contributed by atoms with E-state index in [4.69, 9.17) is 4.42 Å². The SMILES string of the molecule is CCc1ccc(-c2nnc(N(c3ccccc3)S(=O)(=O)c3ccc(C)c(C(=O)O)c3)o2)cc1. The molecule has 0 saturated heterocycles. The number of aromatic nitrogens is 2. The second kappa shape index (κ2) is 8.87. The van der Waals surface area contributed by atoms with Gasteiger partial charge in [-0.2, -0.15) is 4.31 Å². The zero-order valence-corrected chi connectivity index (χ0v) is 18.8. The molecule has 4 rings (SSSR count). The van der Waals surface area contributed by atoms with Gasteiger partial charge in [0.1, 0.15) is 0 Å². The van der Waals surface area contributed by atoms with Crippen LogP contribution >= 0.6 is 0 Å². The molecule has 0 spiro atoms. The molecule has 0 aliphatic heterocycles. The second-order valence-corrected chi connectivity index (χ2v) is 9.11. The Morgan fingerprint density at radius 1 is 1.00 bits per heavy atom. The molecule has 168 valence electrons. The Balaban J connectivity index is 1.83. The minimum Gasteiger partial charge on any atom is -0.478 e. The Bertz CT molecular complexity index is 1400. The topological polar surface area (TPSA) is 114 Å². The molecule has 0 bridgehead atoms. The van der Waals surface area contributed by atoms with Crippen molar-refractivity contribution in [3.8, 4) is 11.5 Å². The van der Waals surface area contributed by atoms with Gasteiger partial charge in [-0.3, -0.25) is 0 Å². The molecule has 8 nitrogen and oxygen atoms in total. The summed E-state index contributed by atoms with van der Waals surface area (Å²) in [5.74, 6) is -1.05. The number of aryl methyl sites for hydroxylation is 2. The Hall–Kier alpha value is -3.98. The normalized spacial score (nSPS) is 11.3. The van der Waals surface area contributed by atoms with Crippen LogP contribution in [0, 0.1) is 6.92 Å². The number of hydrogen-bond donors (Lipinski definition) is 1. The van der Waals surface area contributed by atoms with E-state index in [0.717, 1.165) is 22.4 Å². The minimum absolute atomic E-state index is 0.105. The number of hydrogen-bond acceptors (Lipinski definition) is 6. The lowest BCUT2D eigenvalue weighted by molar-refractivity contribution is 0.0696. The number of nitrogens with zero attached hydrogens (tertiary/aromatic N) is 3. The quantitative estimate of drug-likeness (QED) is 0.417. The predicted octanol–water partition coefficient (Wildman–Crippen LogP) is 4.83. The molecule has 0 aliphatic rings. The fourth-order valence-electron chi connectivity index (χ4n) is 3.31. The molecule has 0 saturated carbocycles. The highest BCUT2D eigenvalue weighted by molar-refractivity contribution is 7.93. The Morgan fingerprint density at radius 3 is 2.33 bits per heavy atom. The van der Waals surface area contributed by atoms with E-state index in [1.165, 1.54) is 12.1 Å². The first kappa shape index (κ1) is 22.2. The van der Waals surface area contributed by atoms with Crippen molar-refractivity contribution in [3.63, 3.8) is 0 Å². The maximum Gasteiger partial charge on any atom is 0.337 e. The van der Waals surface area contributed by atoms with Crippen LogP contribution < -0.4 is 4.31 Å². The Labute approximate surface area is 191 Å². The minimum atomic E-state index is -4.29. The number of carbonyl (C=O) groups is 1. The molecule has 1 aromatic heterocycles. The van der Waals surface area contributed by atoms with Gasteiger partial charge in [0.25, 0.3) is 10.0 Å². The van der Waals surface area contributed by atoms with Gasteiger partial charge in [-0.1, -0.05) is 48.4 Å². The molecular weight excluding hydrogens is 442 g/mol. The van der Waals surface area contributed by atoms with Gasteiger partial charge in [0.05, 0.1) is 16.1 Å². The highest BCUT2D eigenvalue weighted by atomic mass is 32.2. The Kier molecular flexibility index (Phi) is 5.97. The van der Waals surface area contributed by atoms with Crippen LogP contribution in [0.4, 0.5) is 11.7 Å². The van der Waals surface area contributed by atoms with Crippen molar-refractivity contribution in [2.45, 2.75) is 25.2 Å². The summed E-state index contributed by atoms with van der Waals surface area (Å²) in [7, 11) is -4.29. The fourth-order valence-corrected chi connectivity index (χ4v) is 4.71. The number of aromatic carboxylic acids is 1. The van der Waals surface area contributed by atoms with E-state index in [-0.39, 0.29) is 28.1 Å². The zero-order valence-electron chi connectivity index (χ0n) is 18.0. The fraction of sp³-hybridized carbons (Fsp3) is 0.125. The van der Waals surface area contributed by atoms with Gasteiger partial charge >= 0.3 is 12.0 Å². The van der Waals surface area contributed by atoms with Crippen molar-refractivity contribution >= 4 is 27.7 Å². The van der Waals surface area contributed by atoms with Gasteiger partial charge in [-0.25, -0.2) is 13.2 Å². The summed E-state index contributed by atoms with van der Waals surface area (Å²) in [6, 6.07) is 19.5. The molecule has 9 heteroatoms. The second-order valence-electron chi connectivity index (χ2n) is 7.33. The van der Waals surface area contributed by atoms with Crippen LogP contribution in [0.3, 0.4) is 0 Å². The Morgan fingerprint density at radius 2 is 1.70 bits per heavy atom. The van der Waals surface area contributed by atoms with Crippen LogP contribution in [0.1, 0.15) is 28.4 Å². The highest BCUT2D eigenvalue weighted by Gasteiger charge is 2.32. The molecule has 0 fully saturated rings. The van der Waals surface area contributed by atoms with Gasteiger partial charge in [-0.15, -0.1) is 5.10 Å². The largest absolute Gasteiger partial charge is 0.478 e. The van der Waals surface area contributed by atoms with Crippen molar-refractivity contribution in [3.05, 3.63) is 89.5 Å². The van der Waals surface area contributed by atoms with E-state index in [0.29, 0.717) is 11.1 Å². The van der Waals surface area contributed by atoms with Crippen LogP contribution in [0.15, 0.2) is 82.1 Å². The van der Waals surface area contributed by atoms with Gasteiger partial charge in [0, 0.05) is 5.56 Å². The molecule has 1 heterocycles. The summed E-state index contributed by atoms with van der Waals surface area (Å²) < 4.78 is 34.0. The monoisotopic (exact) mass is 463 g/mol. The van der Waals surface area contributed by atoms with Crippen LogP contribution in [0.2, 0.25) is 0 Å². The van der Waals surface area contributed by atoms with Crippen molar-refractivity contribution in [1.82, 2.24) is 10.2 Å². The lowest BCUT2D eigenvalue weighted by Gasteiger charge is -2.20. The number of carboxylic acid groups (broad SMARTS) is 1. The smallest absolute Gasteiger partial charge is 0.337 e. The maximum atomic E-state index is 13.7. The molecular formula is C24H21N3O5S. The lowest BCUT2D eigenvalue weighted by atomic mass is 10.1. The highest BCUT2D eigenvalue weighted by Crippen LogP contribution is 2.33. The van der Waals surface area contributed by atoms with Gasteiger partial charge < -0.3 is 9.52 Å². The van der Waals surface area contributed by atoms with Crippen molar-refractivity contribution < 1.29 is 22.7 Å². The summed E-state index contributed by atoms with van der Waals surface area (Å²) in [6.07, 6.45) is 0.879. The third-order valence-corrected chi connectivity index (χ3v) is 6.86. The number of carboxylic acids is 1. The summed E-state index contributed by atoms with van der Waals surface area (Å²) in [5.41, 5.74) is 2.40. The van der Waals surface area contributed by atoms with E-state index in [2.05, 4.69) is 10.2 Å². The van der Waals surface area contributed by atoms with Crippen LogP contribution in [0.25, 0.3) is 11.5 Å². The third kappa shape index (κ3) is 4.35. The van der Waals surface area contributed by atoms with Crippen LogP contribution in [-0.2, 0) is 16.4 Å². The first-order valence-corrected chi connectivity index (χ1v) is 11.6. The van der Waals surface area contributed by atoms with Gasteiger partial charge in [0.2, 0.25) is 5.89 Å². The van der Waals surface area contributed by atoms with Crippen LogP contribution in [0.5, 0.6) is 0 Å². The van der Waals surface area contributed by atoms with E-state index in [9.17, 15) is 18.3 Å². The standard InChI is InChI=1S/C24H21N3O5S/c1-3-17-10-12-18(13-11-17)22-25-26-24(32-22)27(19-7-5-4-6-8-19)33(30,31)20-14-9-16(2)21(15-20)23(28)29/h4-15H,3H2,1-2H3,(H,28,29). The number of sulfonamides is 1. The van der Waals surface area contributed by atoms with E-state index >= 15 is 0 Å². The molecule has 4 aromatic rings. The summed E-state index contributed by atoms with van der Waals surface area (Å²) in [5, 5.41) is 17.5. The molecule has 0 aliphatic carbocycles. The molecule has 3 aromatic carbocycles. The summed E-state index contributed by atoms with van der Waals surface area (Å²) in [6.45, 7) is 3.65. The summed E-state index contributed by atoms with van der Waals surface area (Å²) >= 11 is 0. The van der Waals surface area contributed by atoms with Gasteiger partial charge in [-0.05, 0) is 60.9 Å². The molecule has 0 amide bonds. The maximum absolute atomic E-state index is 13.7. The van der Waals surface area contributed by atoms with Crippen LogP contribution in [-0.4, -0.2) is 29.7 Å². The molecule has 33 heavy (non-hydrogen) atoms. The lowest BCUT2D eigenvalue weighted by Crippen LogP contribution is -2.27. The third-order valence-electron chi connectivity index (χ3n) is 5.17. The van der Waals surface area contributed by atoms with Crippen molar-refractivity contribution in [1.29, 1.82) is 0 Å². The molecule has 0 radical (unpaired) electrons. The molecule has 0 atom stereocenters. The van der Waals surface area contributed by atoms with E-state index < -0.39 is 16.0 Å². The van der Waals surface area contributed by atoms with Gasteiger partial charge in [0.15, 0.2) is 0 Å². The van der Waals surface area contributed by atoms with Crippen molar-refractivity contribution in [2.75, 3.05) is 4.31 Å². The predicted molar refractivity (Wildman–Crippen MR) is 123 cm³/mol. The molecule has 1 N–H and O–H groups in total. The number of para-hydroxylation sites is 1. The van der Waals surface area contributed by atoms with E-state index in [1.54, 1.807) is 37.3 Å². The average molecular weight is 464 g/mol. The van der Waals surface area contributed by atoms with Crippen molar-refractivity contribution in [2.24, 2.45) is 0 Å². The first-order valence-electron chi connectivity index (χ1n) is 10.2. The number of rotatable bonds is 7.